The van der Waals surface area contributed by atoms with E-state index >= 15 is 22.0 Å². The standard InChI is InChI=1S/C38H34F10O2/c1-2-3-4-5-6-22-7-9-23(10-8-22)24-11-14-29(30(39)17-24)26-19-33(42)36(34(43)20-26)37(44,45)49-27-13-15-28(31(40)21-27)25-12-16-35(32(41)18-25)50-38(46,47)48/h11-23H,2-10H2,1H3. The first-order valence-electron chi connectivity index (χ1n) is 16.4. The van der Waals surface area contributed by atoms with Crippen LogP contribution in [0.15, 0.2) is 66.7 Å². The Labute approximate surface area is 283 Å². The number of hydrogen-bond acceptors (Lipinski definition) is 2. The molecule has 0 unspecified atom stereocenters. The quantitative estimate of drug-likeness (QED) is 0.108. The molecule has 0 N–H and O–H groups in total. The molecular formula is C38H34F10O2. The molecule has 0 atom stereocenters. The van der Waals surface area contributed by atoms with Crippen molar-refractivity contribution in [2.24, 2.45) is 5.92 Å². The lowest BCUT2D eigenvalue weighted by atomic mass is 9.77. The minimum absolute atomic E-state index is 0.149. The van der Waals surface area contributed by atoms with Gasteiger partial charge in [0, 0.05) is 17.2 Å². The normalized spacial score (nSPS) is 16.8. The number of ether oxygens (including phenoxy) is 2. The van der Waals surface area contributed by atoms with Crippen LogP contribution in [0.25, 0.3) is 22.3 Å². The van der Waals surface area contributed by atoms with E-state index in [1.807, 2.05) is 0 Å². The number of hydrogen-bond donors (Lipinski definition) is 0. The Morgan fingerprint density at radius 1 is 0.600 bits per heavy atom. The molecule has 50 heavy (non-hydrogen) atoms. The molecule has 0 bridgehead atoms. The van der Waals surface area contributed by atoms with Crippen molar-refractivity contribution in [2.75, 3.05) is 0 Å². The van der Waals surface area contributed by atoms with Crippen LogP contribution in [0.2, 0.25) is 0 Å². The highest BCUT2D eigenvalue weighted by Crippen LogP contribution is 2.41. The molecule has 0 spiro atoms. The molecule has 0 radical (unpaired) electrons. The zero-order chi connectivity index (χ0) is 36.2. The van der Waals surface area contributed by atoms with Crippen LogP contribution in [0.5, 0.6) is 11.5 Å². The van der Waals surface area contributed by atoms with Crippen LogP contribution in [0.3, 0.4) is 0 Å². The van der Waals surface area contributed by atoms with E-state index in [-0.39, 0.29) is 22.6 Å². The third-order valence-corrected chi connectivity index (χ3v) is 9.08. The molecule has 268 valence electrons. The van der Waals surface area contributed by atoms with E-state index in [9.17, 15) is 22.0 Å². The second-order valence-electron chi connectivity index (χ2n) is 12.6. The monoisotopic (exact) mass is 712 g/mol. The molecule has 0 aromatic heterocycles. The predicted octanol–water partition coefficient (Wildman–Crippen LogP) is 13.0. The summed E-state index contributed by atoms with van der Waals surface area (Å²) in [6.07, 6.45) is 0.0916. The van der Waals surface area contributed by atoms with Crippen molar-refractivity contribution in [2.45, 2.75) is 83.1 Å². The summed E-state index contributed by atoms with van der Waals surface area (Å²) in [5, 5.41) is 0. The zero-order valence-corrected chi connectivity index (χ0v) is 27.0. The smallest absolute Gasteiger partial charge is 0.429 e. The Balaban J connectivity index is 1.28. The van der Waals surface area contributed by atoms with Gasteiger partial charge in [0.2, 0.25) is 0 Å². The molecule has 4 aromatic rings. The largest absolute Gasteiger partial charge is 0.573 e. The number of benzene rings is 4. The Hall–Kier alpha value is -4.22. The lowest BCUT2D eigenvalue weighted by Crippen LogP contribution is -2.25. The molecule has 5 rings (SSSR count). The Morgan fingerprint density at radius 3 is 1.82 bits per heavy atom. The van der Waals surface area contributed by atoms with Gasteiger partial charge in [-0.25, -0.2) is 22.0 Å². The molecule has 0 amide bonds. The topological polar surface area (TPSA) is 18.5 Å². The van der Waals surface area contributed by atoms with E-state index in [1.165, 1.54) is 44.2 Å². The fraction of sp³-hybridized carbons (Fsp3) is 0.368. The van der Waals surface area contributed by atoms with E-state index < -0.39 is 64.2 Å². The van der Waals surface area contributed by atoms with Crippen molar-refractivity contribution in [3.63, 3.8) is 0 Å². The van der Waals surface area contributed by atoms with Crippen molar-refractivity contribution in [1.29, 1.82) is 0 Å². The van der Waals surface area contributed by atoms with Crippen molar-refractivity contribution < 1.29 is 53.4 Å². The Bertz CT molecular complexity index is 1770. The van der Waals surface area contributed by atoms with E-state index in [0.29, 0.717) is 36.2 Å². The number of alkyl halides is 5. The molecule has 2 nitrogen and oxygen atoms in total. The molecule has 12 heteroatoms. The maximum absolute atomic E-state index is 15.3. The number of rotatable bonds is 12. The van der Waals surface area contributed by atoms with Crippen molar-refractivity contribution in [3.05, 3.63) is 107 Å². The molecule has 1 aliphatic rings. The van der Waals surface area contributed by atoms with E-state index in [4.69, 9.17) is 0 Å². The second kappa shape index (κ2) is 15.3. The average Bonchev–Trinajstić information content (AvgIpc) is 3.03. The highest BCUT2D eigenvalue weighted by Gasteiger charge is 2.41. The van der Waals surface area contributed by atoms with Gasteiger partial charge in [-0.1, -0.05) is 57.2 Å². The third-order valence-electron chi connectivity index (χ3n) is 9.08. The second-order valence-corrected chi connectivity index (χ2v) is 12.6. The fourth-order valence-electron chi connectivity index (χ4n) is 6.54. The van der Waals surface area contributed by atoms with E-state index in [1.54, 1.807) is 6.07 Å². The van der Waals surface area contributed by atoms with Gasteiger partial charge in [-0.05, 0) is 96.7 Å². The van der Waals surface area contributed by atoms with Gasteiger partial charge in [0.25, 0.3) is 0 Å². The first-order chi connectivity index (χ1) is 23.6. The zero-order valence-electron chi connectivity index (χ0n) is 27.0. The lowest BCUT2D eigenvalue weighted by molar-refractivity contribution is -0.275. The molecule has 0 heterocycles. The molecule has 1 aliphatic carbocycles. The molecule has 4 aromatic carbocycles. The minimum atomic E-state index is -5.18. The van der Waals surface area contributed by atoms with Crippen LogP contribution >= 0.6 is 0 Å². The summed E-state index contributed by atoms with van der Waals surface area (Å²) in [4.78, 5) is 0. The highest BCUT2D eigenvalue weighted by molar-refractivity contribution is 5.67. The average molecular weight is 713 g/mol. The Morgan fingerprint density at radius 2 is 1.22 bits per heavy atom. The first-order valence-corrected chi connectivity index (χ1v) is 16.4. The molecule has 1 fully saturated rings. The van der Waals surface area contributed by atoms with Gasteiger partial charge in [0.05, 0.1) is 0 Å². The lowest BCUT2D eigenvalue weighted by Gasteiger charge is -2.29. The van der Waals surface area contributed by atoms with Crippen LogP contribution in [-0.4, -0.2) is 6.36 Å². The maximum Gasteiger partial charge on any atom is 0.573 e. The molecule has 1 saturated carbocycles. The van der Waals surface area contributed by atoms with Crippen LogP contribution in [-0.2, 0) is 6.11 Å². The van der Waals surface area contributed by atoms with Gasteiger partial charge in [-0.2, -0.15) is 8.78 Å². The van der Waals surface area contributed by atoms with Gasteiger partial charge in [0.15, 0.2) is 11.6 Å². The molecular weight excluding hydrogens is 678 g/mol. The molecule has 0 saturated heterocycles. The minimum Gasteiger partial charge on any atom is -0.429 e. The van der Waals surface area contributed by atoms with Crippen molar-refractivity contribution >= 4 is 0 Å². The van der Waals surface area contributed by atoms with E-state index in [2.05, 4.69) is 16.4 Å². The summed E-state index contributed by atoms with van der Waals surface area (Å²) >= 11 is 0. The van der Waals surface area contributed by atoms with Crippen LogP contribution in [0.1, 0.15) is 81.8 Å². The van der Waals surface area contributed by atoms with Crippen LogP contribution in [0, 0.1) is 35.0 Å². The molecule has 0 aliphatic heterocycles. The van der Waals surface area contributed by atoms with E-state index in [0.717, 1.165) is 49.4 Å². The van der Waals surface area contributed by atoms with Gasteiger partial charge in [-0.15, -0.1) is 13.2 Å². The summed E-state index contributed by atoms with van der Waals surface area (Å²) in [5.74, 6) is -8.19. The van der Waals surface area contributed by atoms with Crippen molar-refractivity contribution in [1.82, 2.24) is 0 Å². The van der Waals surface area contributed by atoms with Crippen LogP contribution < -0.4 is 9.47 Å². The summed E-state index contributed by atoms with van der Waals surface area (Å²) in [5.41, 5.74) is -2.19. The summed E-state index contributed by atoms with van der Waals surface area (Å²) in [6, 6.07) is 9.63. The van der Waals surface area contributed by atoms with Crippen molar-refractivity contribution in [3.8, 4) is 33.8 Å². The van der Waals surface area contributed by atoms with Gasteiger partial charge >= 0.3 is 12.5 Å². The van der Waals surface area contributed by atoms with Crippen LogP contribution in [0.4, 0.5) is 43.9 Å². The van der Waals surface area contributed by atoms with Gasteiger partial charge in [0.1, 0.15) is 34.6 Å². The SMILES string of the molecule is CCCCCCC1CCC(c2ccc(-c3cc(F)c(C(F)(F)Oc4ccc(-c5ccc(OC(F)(F)F)c(F)c5)c(F)c4)c(F)c3)c(F)c2)CC1. The predicted molar refractivity (Wildman–Crippen MR) is 168 cm³/mol. The fourth-order valence-corrected chi connectivity index (χ4v) is 6.54. The summed E-state index contributed by atoms with van der Waals surface area (Å²) in [6.45, 7) is 2.17. The number of unbranched alkanes of at least 4 members (excludes halogenated alkanes) is 3. The first kappa shape index (κ1) is 37.0. The summed E-state index contributed by atoms with van der Waals surface area (Å²) < 4.78 is 150. The third kappa shape index (κ3) is 8.92. The Kier molecular flexibility index (Phi) is 11.4. The van der Waals surface area contributed by atoms with Gasteiger partial charge < -0.3 is 9.47 Å². The maximum atomic E-state index is 15.3. The number of halogens is 10. The summed E-state index contributed by atoms with van der Waals surface area (Å²) in [7, 11) is 0. The highest BCUT2D eigenvalue weighted by atomic mass is 19.4. The van der Waals surface area contributed by atoms with Gasteiger partial charge in [-0.3, -0.25) is 0 Å².